The second-order valence-corrected chi connectivity index (χ2v) is 5.28. The van der Waals surface area contributed by atoms with Gasteiger partial charge in [-0.2, -0.15) is 0 Å². The minimum Gasteiger partial charge on any atom is -0.505 e. The van der Waals surface area contributed by atoms with E-state index in [0.29, 0.717) is 9.90 Å². The average molecular weight is 312 g/mol. The van der Waals surface area contributed by atoms with Gasteiger partial charge in [-0.25, -0.2) is 4.79 Å². The van der Waals surface area contributed by atoms with E-state index in [4.69, 9.17) is 16.7 Å². The Morgan fingerprint density at radius 3 is 2.60 bits per heavy atom. The van der Waals surface area contributed by atoms with Crippen LogP contribution in [0, 0.1) is 6.92 Å². The number of rotatable bonds is 3. The van der Waals surface area contributed by atoms with Crippen LogP contribution in [0.5, 0.6) is 5.75 Å². The Balaban J connectivity index is 2.31. The van der Waals surface area contributed by atoms with Crippen molar-refractivity contribution in [1.82, 2.24) is 0 Å². The summed E-state index contributed by atoms with van der Waals surface area (Å²) in [6, 6.07) is 4.09. The van der Waals surface area contributed by atoms with Crippen LogP contribution in [0.2, 0.25) is 5.02 Å². The number of nitrogens with one attached hydrogen (secondary N) is 1. The van der Waals surface area contributed by atoms with Gasteiger partial charge in [-0.15, -0.1) is 11.3 Å². The summed E-state index contributed by atoms with van der Waals surface area (Å²) in [7, 11) is 0. The quantitative estimate of drug-likeness (QED) is 0.758. The lowest BCUT2D eigenvalue weighted by Crippen LogP contribution is -2.11. The summed E-state index contributed by atoms with van der Waals surface area (Å²) in [6.07, 6.45) is 0. The van der Waals surface area contributed by atoms with E-state index in [-0.39, 0.29) is 11.3 Å². The Bertz CT molecular complexity index is 696. The van der Waals surface area contributed by atoms with E-state index in [9.17, 15) is 14.7 Å². The molecule has 0 atom stereocenters. The number of halogens is 1. The van der Waals surface area contributed by atoms with Gasteiger partial charge in [0.05, 0.1) is 10.7 Å². The Labute approximate surface area is 123 Å². The summed E-state index contributed by atoms with van der Waals surface area (Å²) in [5.74, 6) is -2.26. The molecule has 3 N–H and O–H groups in total. The SMILES string of the molecule is Cc1csc(C(=O)Nc2cccc(C(=O)O)c2O)c1Cl. The fraction of sp³-hybridized carbons (Fsp3) is 0.0769. The first kappa shape index (κ1) is 14.4. The lowest BCUT2D eigenvalue weighted by molar-refractivity contribution is 0.0693. The highest BCUT2D eigenvalue weighted by Gasteiger charge is 2.18. The van der Waals surface area contributed by atoms with Gasteiger partial charge in [-0.05, 0) is 30.0 Å². The van der Waals surface area contributed by atoms with Crippen molar-refractivity contribution in [3.8, 4) is 5.75 Å². The molecule has 0 fully saturated rings. The molecular weight excluding hydrogens is 302 g/mol. The van der Waals surface area contributed by atoms with E-state index in [0.717, 1.165) is 5.56 Å². The fourth-order valence-corrected chi connectivity index (χ4v) is 2.75. The van der Waals surface area contributed by atoms with E-state index in [1.165, 1.54) is 29.5 Å². The van der Waals surface area contributed by atoms with Crippen LogP contribution in [0.3, 0.4) is 0 Å². The number of phenols is 1. The average Bonchev–Trinajstić information content (AvgIpc) is 2.72. The third-order valence-electron chi connectivity index (χ3n) is 2.62. The Morgan fingerprint density at radius 1 is 1.35 bits per heavy atom. The number of hydrogen-bond acceptors (Lipinski definition) is 4. The van der Waals surface area contributed by atoms with E-state index >= 15 is 0 Å². The third-order valence-corrected chi connectivity index (χ3v) is 4.32. The summed E-state index contributed by atoms with van der Waals surface area (Å²) in [4.78, 5) is 23.2. The molecule has 0 unspecified atom stereocenters. The molecule has 0 saturated carbocycles. The van der Waals surface area contributed by atoms with Gasteiger partial charge in [0.25, 0.3) is 5.91 Å². The monoisotopic (exact) mass is 311 g/mol. The molecule has 1 aromatic heterocycles. The van der Waals surface area contributed by atoms with Gasteiger partial charge >= 0.3 is 5.97 Å². The van der Waals surface area contributed by atoms with Gasteiger partial charge in [0.2, 0.25) is 0 Å². The standard InChI is InChI=1S/C13H10ClNO4S/c1-6-5-20-11(9(6)14)12(17)15-8-4-2-3-7(10(8)16)13(18)19/h2-5,16H,1H3,(H,15,17)(H,18,19). The Hall–Kier alpha value is -2.05. The first-order valence-corrected chi connectivity index (χ1v) is 6.77. The number of carboxylic acid groups (broad SMARTS) is 1. The first-order valence-electron chi connectivity index (χ1n) is 5.52. The smallest absolute Gasteiger partial charge is 0.339 e. The highest BCUT2D eigenvalue weighted by Crippen LogP contribution is 2.31. The van der Waals surface area contributed by atoms with Crippen LogP contribution in [0.1, 0.15) is 25.6 Å². The van der Waals surface area contributed by atoms with Crippen molar-refractivity contribution >= 4 is 40.5 Å². The molecule has 1 heterocycles. The highest BCUT2D eigenvalue weighted by molar-refractivity contribution is 7.13. The molecule has 104 valence electrons. The number of anilines is 1. The molecule has 1 amide bonds. The fourth-order valence-electron chi connectivity index (χ4n) is 1.58. The van der Waals surface area contributed by atoms with Gasteiger partial charge in [0.15, 0.2) is 5.75 Å². The third kappa shape index (κ3) is 2.61. The number of aryl methyl sites for hydroxylation is 1. The number of aromatic carboxylic acids is 1. The molecule has 1 aromatic carbocycles. The van der Waals surface area contributed by atoms with Gasteiger partial charge in [0.1, 0.15) is 10.4 Å². The lowest BCUT2D eigenvalue weighted by Gasteiger charge is -2.08. The number of carbonyl (C=O) groups excluding carboxylic acids is 1. The van der Waals surface area contributed by atoms with Crippen LogP contribution in [-0.2, 0) is 0 Å². The molecule has 0 spiro atoms. The molecule has 20 heavy (non-hydrogen) atoms. The molecule has 2 aromatic rings. The molecule has 0 aliphatic carbocycles. The van der Waals surface area contributed by atoms with Gasteiger partial charge in [-0.1, -0.05) is 17.7 Å². The summed E-state index contributed by atoms with van der Waals surface area (Å²) < 4.78 is 0. The topological polar surface area (TPSA) is 86.6 Å². The van der Waals surface area contributed by atoms with Gasteiger partial charge in [-0.3, -0.25) is 4.79 Å². The highest BCUT2D eigenvalue weighted by atomic mass is 35.5. The summed E-state index contributed by atoms with van der Waals surface area (Å²) in [5, 5.41) is 23.2. The normalized spacial score (nSPS) is 10.3. The van der Waals surface area contributed by atoms with Crippen LogP contribution in [0.25, 0.3) is 0 Å². The van der Waals surface area contributed by atoms with E-state index < -0.39 is 17.6 Å². The maximum Gasteiger partial charge on any atom is 0.339 e. The van der Waals surface area contributed by atoms with Crippen LogP contribution in [-0.4, -0.2) is 22.1 Å². The Morgan fingerprint density at radius 2 is 2.05 bits per heavy atom. The van der Waals surface area contributed by atoms with E-state index in [1.807, 2.05) is 0 Å². The van der Waals surface area contributed by atoms with Crippen molar-refractivity contribution in [2.75, 3.05) is 5.32 Å². The summed E-state index contributed by atoms with van der Waals surface area (Å²) in [5.41, 5.74) is 0.526. The minimum absolute atomic E-state index is 0.0250. The molecule has 0 aliphatic heterocycles. The van der Waals surface area contributed by atoms with E-state index in [2.05, 4.69) is 5.32 Å². The predicted molar refractivity (Wildman–Crippen MR) is 77.1 cm³/mol. The zero-order valence-electron chi connectivity index (χ0n) is 10.3. The zero-order chi connectivity index (χ0) is 14.9. The number of benzene rings is 1. The second-order valence-electron chi connectivity index (χ2n) is 4.02. The molecular formula is C13H10ClNO4S. The Kier molecular flexibility index (Phi) is 3.96. The predicted octanol–water partition coefficient (Wildman–Crippen LogP) is 3.37. The zero-order valence-corrected chi connectivity index (χ0v) is 11.9. The van der Waals surface area contributed by atoms with Crippen LogP contribution < -0.4 is 5.32 Å². The number of hydrogen-bond donors (Lipinski definition) is 3. The second kappa shape index (κ2) is 5.52. The number of carboxylic acids is 1. The molecule has 0 bridgehead atoms. The molecule has 0 aliphatic rings. The minimum atomic E-state index is -1.27. The van der Waals surface area contributed by atoms with Gasteiger partial charge < -0.3 is 15.5 Å². The van der Waals surface area contributed by atoms with Crippen molar-refractivity contribution in [3.63, 3.8) is 0 Å². The molecule has 7 heteroatoms. The number of aromatic hydroxyl groups is 1. The lowest BCUT2D eigenvalue weighted by atomic mass is 10.1. The molecule has 2 rings (SSSR count). The van der Waals surface area contributed by atoms with Crippen molar-refractivity contribution in [3.05, 3.63) is 44.6 Å². The summed E-state index contributed by atoms with van der Waals surface area (Å²) in [6.45, 7) is 1.78. The maximum atomic E-state index is 12.0. The molecule has 0 radical (unpaired) electrons. The maximum absolute atomic E-state index is 12.0. The number of amides is 1. The van der Waals surface area contributed by atoms with E-state index in [1.54, 1.807) is 12.3 Å². The van der Waals surface area contributed by atoms with Gasteiger partial charge in [0, 0.05) is 0 Å². The van der Waals surface area contributed by atoms with Crippen LogP contribution in [0.15, 0.2) is 23.6 Å². The largest absolute Gasteiger partial charge is 0.505 e. The number of carbonyl (C=O) groups is 2. The molecule has 0 saturated heterocycles. The first-order chi connectivity index (χ1) is 9.41. The van der Waals surface area contributed by atoms with Crippen molar-refractivity contribution in [1.29, 1.82) is 0 Å². The summed E-state index contributed by atoms with van der Waals surface area (Å²) >= 11 is 7.16. The van der Waals surface area contributed by atoms with Crippen LogP contribution in [0.4, 0.5) is 5.69 Å². The number of thiophene rings is 1. The van der Waals surface area contributed by atoms with Crippen LogP contribution >= 0.6 is 22.9 Å². The number of para-hydroxylation sites is 1. The van der Waals surface area contributed by atoms with Crippen molar-refractivity contribution < 1.29 is 19.8 Å². The van der Waals surface area contributed by atoms with Crippen molar-refractivity contribution in [2.24, 2.45) is 0 Å². The van der Waals surface area contributed by atoms with Crippen molar-refractivity contribution in [2.45, 2.75) is 6.92 Å². The molecule has 5 nitrogen and oxygen atoms in total.